The first kappa shape index (κ1) is 20.5. The molecule has 1 aromatic heterocycles. The molecule has 2 aliphatic rings. The van der Waals surface area contributed by atoms with Gasteiger partial charge >= 0.3 is 5.97 Å². The molecule has 0 bridgehead atoms. The summed E-state index contributed by atoms with van der Waals surface area (Å²) in [5, 5.41) is 10.1. The van der Waals surface area contributed by atoms with Gasteiger partial charge in [0.05, 0.1) is 5.92 Å². The number of carbonyl (C=O) groups excluding carboxylic acids is 1. The summed E-state index contributed by atoms with van der Waals surface area (Å²) in [7, 11) is 0. The highest BCUT2D eigenvalue weighted by Crippen LogP contribution is 2.58. The van der Waals surface area contributed by atoms with Crippen molar-refractivity contribution in [2.75, 3.05) is 0 Å². The molecule has 0 saturated heterocycles. The fourth-order valence-corrected chi connectivity index (χ4v) is 6.06. The summed E-state index contributed by atoms with van der Waals surface area (Å²) in [6, 6.07) is 3.57. The topological polar surface area (TPSA) is 67.3 Å². The molecule has 3 rings (SSSR count). The van der Waals surface area contributed by atoms with Gasteiger partial charge in [0.1, 0.15) is 0 Å². The first-order chi connectivity index (χ1) is 13.2. The van der Waals surface area contributed by atoms with Crippen molar-refractivity contribution in [1.82, 2.24) is 4.98 Å². The van der Waals surface area contributed by atoms with Gasteiger partial charge < -0.3 is 5.11 Å². The van der Waals surface area contributed by atoms with Crippen LogP contribution >= 0.6 is 0 Å². The number of pyridine rings is 1. The second-order valence-corrected chi connectivity index (χ2v) is 8.94. The van der Waals surface area contributed by atoms with Gasteiger partial charge in [-0.1, -0.05) is 37.1 Å². The van der Waals surface area contributed by atoms with Crippen LogP contribution in [0, 0.1) is 35.0 Å². The summed E-state index contributed by atoms with van der Waals surface area (Å²) in [6.45, 7) is 10.3. The molecular formula is C24H31NO3. The van der Waals surface area contributed by atoms with Gasteiger partial charge in [0.2, 0.25) is 0 Å². The van der Waals surface area contributed by atoms with E-state index in [-0.39, 0.29) is 23.5 Å². The summed E-state index contributed by atoms with van der Waals surface area (Å²) in [5.41, 5.74) is 2.05. The largest absolute Gasteiger partial charge is 0.481 e. The molecule has 4 heteroatoms. The lowest BCUT2D eigenvalue weighted by Crippen LogP contribution is -2.55. The van der Waals surface area contributed by atoms with Crippen LogP contribution in [0.1, 0.15) is 57.8 Å². The van der Waals surface area contributed by atoms with Crippen LogP contribution in [-0.2, 0) is 4.79 Å². The molecule has 1 saturated carbocycles. The fraction of sp³-hybridized carbons (Fsp3) is 0.542. The lowest BCUT2D eigenvalue weighted by atomic mass is 9.47. The summed E-state index contributed by atoms with van der Waals surface area (Å²) in [5.74, 6) is -1.17. The Balaban J connectivity index is 2.24. The third kappa shape index (κ3) is 3.23. The van der Waals surface area contributed by atoms with Gasteiger partial charge in [0.15, 0.2) is 5.78 Å². The summed E-state index contributed by atoms with van der Waals surface area (Å²) < 4.78 is 0. The molecule has 1 heterocycles. The normalized spacial score (nSPS) is 35.7. The average molecular weight is 382 g/mol. The van der Waals surface area contributed by atoms with Crippen molar-refractivity contribution in [3.05, 3.63) is 53.4 Å². The van der Waals surface area contributed by atoms with Crippen LogP contribution in [-0.4, -0.2) is 21.8 Å². The number of carboxylic acid groups (broad SMARTS) is 1. The zero-order chi connectivity index (χ0) is 20.6. The molecule has 1 N–H and O–H groups in total. The minimum Gasteiger partial charge on any atom is -0.481 e. The lowest BCUT2D eigenvalue weighted by Gasteiger charge is -2.54. The van der Waals surface area contributed by atoms with Crippen molar-refractivity contribution in [1.29, 1.82) is 0 Å². The average Bonchev–Trinajstić information content (AvgIpc) is 2.66. The molecular weight excluding hydrogens is 350 g/mol. The van der Waals surface area contributed by atoms with Gasteiger partial charge in [-0.15, -0.1) is 0 Å². The Hall–Kier alpha value is -2.23. The van der Waals surface area contributed by atoms with Gasteiger partial charge in [-0.25, -0.2) is 0 Å². The third-order valence-corrected chi connectivity index (χ3v) is 7.09. The number of fused-ring (bicyclic) bond motifs is 1. The Bertz CT molecular complexity index is 826. The maximum atomic E-state index is 13.9. The van der Waals surface area contributed by atoms with Crippen molar-refractivity contribution < 1.29 is 14.7 Å². The maximum Gasteiger partial charge on any atom is 0.306 e. The third-order valence-electron chi connectivity index (χ3n) is 7.09. The van der Waals surface area contributed by atoms with E-state index >= 15 is 0 Å². The van der Waals surface area contributed by atoms with Gasteiger partial charge in [0, 0.05) is 29.3 Å². The van der Waals surface area contributed by atoms with E-state index in [0.29, 0.717) is 17.9 Å². The highest BCUT2D eigenvalue weighted by Gasteiger charge is 2.58. The standard InChI is InChI=1S/C24H31NO3/c1-6-15(3)20-16(4)12-18-10-14(2)11-19(23(27)28)21(18)24(20,5)22(26)17-8-7-9-25-13-17/h6-9,12-14,18-21H,10-11H2,1-5H3,(H,27,28)/b15-6+/t14-,18-,19-,20+,21-,24+/m1/s1. The van der Waals surface area contributed by atoms with Crippen LogP contribution in [0.25, 0.3) is 0 Å². The minimum atomic E-state index is -0.813. The van der Waals surface area contributed by atoms with Crippen LogP contribution in [0.2, 0.25) is 0 Å². The summed E-state index contributed by atoms with van der Waals surface area (Å²) >= 11 is 0. The van der Waals surface area contributed by atoms with Gasteiger partial charge in [-0.2, -0.15) is 0 Å². The Labute approximate surface area is 167 Å². The monoisotopic (exact) mass is 381 g/mol. The molecule has 0 unspecified atom stereocenters. The molecule has 0 spiro atoms. The molecule has 0 aliphatic heterocycles. The Kier molecular flexibility index (Phi) is 5.60. The Morgan fingerprint density at radius 3 is 2.61 bits per heavy atom. The van der Waals surface area contributed by atoms with E-state index in [2.05, 4.69) is 37.9 Å². The number of aromatic nitrogens is 1. The zero-order valence-electron chi connectivity index (χ0n) is 17.5. The number of nitrogens with zero attached hydrogens (tertiary/aromatic N) is 1. The van der Waals surface area contributed by atoms with E-state index in [4.69, 9.17) is 0 Å². The Morgan fingerprint density at radius 1 is 1.32 bits per heavy atom. The van der Waals surface area contributed by atoms with Gasteiger partial charge in [-0.05, 0) is 63.5 Å². The number of allylic oxidation sites excluding steroid dienone is 4. The first-order valence-electron chi connectivity index (χ1n) is 10.2. The van der Waals surface area contributed by atoms with E-state index in [0.717, 1.165) is 12.0 Å². The maximum absolute atomic E-state index is 13.9. The first-order valence-corrected chi connectivity index (χ1v) is 10.2. The second-order valence-electron chi connectivity index (χ2n) is 8.94. The smallest absolute Gasteiger partial charge is 0.306 e. The fourth-order valence-electron chi connectivity index (χ4n) is 6.06. The number of hydrogen-bond acceptors (Lipinski definition) is 3. The van der Waals surface area contributed by atoms with Crippen LogP contribution in [0.15, 0.2) is 47.8 Å². The molecule has 2 aliphatic carbocycles. The molecule has 1 aromatic rings. The molecule has 1 fully saturated rings. The minimum absolute atomic E-state index is 0.00931. The second kappa shape index (κ2) is 7.65. The predicted octanol–water partition coefficient (Wildman–Crippen LogP) is 5.18. The molecule has 0 radical (unpaired) electrons. The number of carboxylic acids is 1. The summed E-state index contributed by atoms with van der Waals surface area (Å²) in [6.07, 6.45) is 9.14. The molecule has 4 nitrogen and oxygen atoms in total. The predicted molar refractivity (Wildman–Crippen MR) is 110 cm³/mol. The number of carbonyl (C=O) groups is 2. The van der Waals surface area contributed by atoms with E-state index in [1.807, 2.05) is 13.8 Å². The van der Waals surface area contributed by atoms with Gasteiger partial charge in [0.25, 0.3) is 0 Å². The number of Topliss-reactive ketones (excluding diaryl/α,β-unsaturated/α-hetero) is 1. The SMILES string of the molecule is C/C=C(\C)[C@H]1C(C)=C[C@H]2C[C@@H](C)C[C@@H](C(=O)O)[C@@H]2[C@@]1(C)C(=O)c1cccnc1. The number of hydrogen-bond donors (Lipinski definition) is 1. The van der Waals surface area contributed by atoms with Crippen LogP contribution in [0.3, 0.4) is 0 Å². The molecule has 0 aromatic carbocycles. The molecule has 150 valence electrons. The molecule has 28 heavy (non-hydrogen) atoms. The van der Waals surface area contributed by atoms with Crippen molar-refractivity contribution >= 4 is 11.8 Å². The highest BCUT2D eigenvalue weighted by molar-refractivity contribution is 6.01. The number of aliphatic carboxylic acids is 1. The van der Waals surface area contributed by atoms with Crippen LogP contribution in [0.4, 0.5) is 0 Å². The molecule has 0 amide bonds. The van der Waals surface area contributed by atoms with Crippen molar-refractivity contribution in [2.24, 2.45) is 35.0 Å². The number of ketones is 1. The zero-order valence-corrected chi connectivity index (χ0v) is 17.5. The number of rotatable bonds is 4. The van der Waals surface area contributed by atoms with E-state index in [9.17, 15) is 14.7 Å². The van der Waals surface area contributed by atoms with E-state index in [1.165, 1.54) is 5.57 Å². The van der Waals surface area contributed by atoms with Crippen LogP contribution < -0.4 is 0 Å². The summed E-state index contributed by atoms with van der Waals surface area (Å²) in [4.78, 5) is 30.3. The van der Waals surface area contributed by atoms with E-state index < -0.39 is 17.3 Å². The van der Waals surface area contributed by atoms with Crippen LogP contribution in [0.5, 0.6) is 0 Å². The van der Waals surface area contributed by atoms with E-state index in [1.54, 1.807) is 24.5 Å². The Morgan fingerprint density at radius 2 is 2.04 bits per heavy atom. The molecule has 6 atom stereocenters. The highest BCUT2D eigenvalue weighted by atomic mass is 16.4. The van der Waals surface area contributed by atoms with Gasteiger partial charge in [-0.3, -0.25) is 14.6 Å². The lowest BCUT2D eigenvalue weighted by molar-refractivity contribution is -0.150. The van der Waals surface area contributed by atoms with Crippen molar-refractivity contribution in [3.63, 3.8) is 0 Å². The van der Waals surface area contributed by atoms with Crippen molar-refractivity contribution in [2.45, 2.75) is 47.5 Å². The quantitative estimate of drug-likeness (QED) is 0.577. The van der Waals surface area contributed by atoms with Crippen molar-refractivity contribution in [3.8, 4) is 0 Å².